The molecule has 0 bridgehead atoms. The molecule has 0 fully saturated rings. The van der Waals surface area contributed by atoms with E-state index in [9.17, 15) is 4.79 Å². The molecule has 0 atom stereocenters. The third-order valence-corrected chi connectivity index (χ3v) is 2.95. The molecule has 0 spiro atoms. The van der Waals surface area contributed by atoms with E-state index in [-0.39, 0.29) is 0 Å². The number of carbonyl (C=O) groups is 1. The molecule has 0 aliphatic heterocycles. The van der Waals surface area contributed by atoms with E-state index in [1.54, 1.807) is 0 Å². The molecule has 0 saturated carbocycles. The number of ketones is 1. The zero-order chi connectivity index (χ0) is 13.1. The van der Waals surface area contributed by atoms with E-state index in [4.69, 9.17) is 0 Å². The molecule has 2 nitrogen and oxygen atoms in total. The van der Waals surface area contributed by atoms with Gasteiger partial charge < -0.3 is 0 Å². The predicted octanol–water partition coefficient (Wildman–Crippen LogP) is 3.70. The van der Waals surface area contributed by atoms with Gasteiger partial charge in [0.2, 0.25) is 0 Å². The zero-order valence-electron chi connectivity index (χ0n) is 11.2. The zero-order valence-corrected chi connectivity index (χ0v) is 11.2. The smallest absolute Gasteiger partial charge is 0.137 e. The lowest BCUT2D eigenvalue weighted by Crippen LogP contribution is -2.07. The summed E-state index contributed by atoms with van der Waals surface area (Å²) < 4.78 is 0. The number of benzene rings is 1. The third kappa shape index (κ3) is 2.95. The first-order chi connectivity index (χ1) is 8.56. The topological polar surface area (TPSA) is 30.0 Å². The average Bonchev–Trinajstić information content (AvgIpc) is 2.27. The number of rotatable bonds is 4. The first-order valence-electron chi connectivity index (χ1n) is 6.43. The van der Waals surface area contributed by atoms with Gasteiger partial charge >= 0.3 is 0 Å². The minimum absolute atomic E-state index is 0.306. The van der Waals surface area contributed by atoms with Crippen LogP contribution in [0.25, 0.3) is 10.9 Å². The lowest BCUT2D eigenvalue weighted by molar-refractivity contribution is -0.119. The maximum Gasteiger partial charge on any atom is 0.137 e. The Balaban J connectivity index is 2.35. The van der Waals surface area contributed by atoms with Crippen LogP contribution in [0.15, 0.2) is 30.3 Å². The minimum Gasteiger partial charge on any atom is -0.299 e. The predicted molar refractivity (Wildman–Crippen MR) is 74.6 cm³/mol. The van der Waals surface area contributed by atoms with Gasteiger partial charge in [0.05, 0.1) is 5.52 Å². The number of aryl methyl sites for hydroxylation is 1. The molecule has 0 aliphatic rings. The number of aromatic nitrogens is 1. The molecule has 0 N–H and O–H groups in total. The number of pyridine rings is 1. The van der Waals surface area contributed by atoms with Gasteiger partial charge in [-0.3, -0.25) is 9.78 Å². The molecule has 1 heterocycles. The molecule has 0 amide bonds. The van der Waals surface area contributed by atoms with E-state index >= 15 is 0 Å². The summed E-state index contributed by atoms with van der Waals surface area (Å²) in [5.74, 6) is 0.729. The quantitative estimate of drug-likeness (QED) is 0.817. The molecular weight excluding hydrogens is 222 g/mol. The number of hydrogen-bond acceptors (Lipinski definition) is 2. The van der Waals surface area contributed by atoms with Gasteiger partial charge in [-0.2, -0.15) is 0 Å². The van der Waals surface area contributed by atoms with E-state index in [2.05, 4.69) is 18.8 Å². The van der Waals surface area contributed by atoms with E-state index in [0.29, 0.717) is 24.5 Å². The molecule has 18 heavy (non-hydrogen) atoms. The van der Waals surface area contributed by atoms with Crippen molar-refractivity contribution >= 4 is 16.7 Å². The molecular formula is C16H19NO. The van der Waals surface area contributed by atoms with Crippen molar-refractivity contribution in [1.29, 1.82) is 0 Å². The van der Waals surface area contributed by atoms with Gasteiger partial charge in [0.25, 0.3) is 0 Å². The van der Waals surface area contributed by atoms with Crippen LogP contribution < -0.4 is 0 Å². The molecule has 1 aromatic carbocycles. The number of para-hydroxylation sites is 1. The normalized spacial score (nSPS) is 11.1. The number of Topliss-reactive ketones (excluding diaryl/α,β-unsaturated/α-hetero) is 1. The Labute approximate surface area is 108 Å². The minimum atomic E-state index is 0.306. The van der Waals surface area contributed by atoms with E-state index < -0.39 is 0 Å². The second-order valence-electron chi connectivity index (χ2n) is 5.25. The highest BCUT2D eigenvalue weighted by Gasteiger charge is 2.10. The molecule has 0 unspecified atom stereocenters. The summed E-state index contributed by atoms with van der Waals surface area (Å²) in [6.07, 6.45) is 1.16. The van der Waals surface area contributed by atoms with Crippen molar-refractivity contribution < 1.29 is 4.79 Å². The van der Waals surface area contributed by atoms with Crippen molar-refractivity contribution in [3.05, 3.63) is 41.6 Å². The van der Waals surface area contributed by atoms with E-state index in [1.165, 1.54) is 0 Å². The Morgan fingerprint density at radius 2 is 2.00 bits per heavy atom. The summed E-state index contributed by atoms with van der Waals surface area (Å²) in [6, 6.07) is 10.0. The van der Waals surface area contributed by atoms with Crippen LogP contribution in [0.4, 0.5) is 0 Å². The maximum atomic E-state index is 12.0. The summed E-state index contributed by atoms with van der Waals surface area (Å²) >= 11 is 0. The molecule has 2 rings (SSSR count). The summed E-state index contributed by atoms with van der Waals surface area (Å²) in [5, 5.41) is 1.10. The van der Waals surface area contributed by atoms with Gasteiger partial charge in [-0.15, -0.1) is 0 Å². The second kappa shape index (κ2) is 5.30. The summed E-state index contributed by atoms with van der Waals surface area (Å²) in [7, 11) is 0. The van der Waals surface area contributed by atoms with Crippen molar-refractivity contribution in [2.75, 3.05) is 0 Å². The van der Waals surface area contributed by atoms with Crippen LogP contribution in [0.1, 0.15) is 31.5 Å². The van der Waals surface area contributed by atoms with Crippen LogP contribution >= 0.6 is 0 Å². The molecule has 2 heteroatoms. The van der Waals surface area contributed by atoms with Crippen LogP contribution in [0.5, 0.6) is 0 Å². The fourth-order valence-corrected chi connectivity index (χ4v) is 2.28. The standard InChI is InChI=1S/C16H19NO/c1-11(2)8-14(18)10-13-9-12(3)17-16-7-5-4-6-15(13)16/h4-7,9,11H,8,10H2,1-3H3. The number of hydrogen-bond donors (Lipinski definition) is 0. The van der Waals surface area contributed by atoms with Crippen LogP contribution in [0.3, 0.4) is 0 Å². The molecule has 0 aliphatic carbocycles. The lowest BCUT2D eigenvalue weighted by atomic mass is 9.98. The number of fused-ring (bicyclic) bond motifs is 1. The first kappa shape index (κ1) is 12.7. The van der Waals surface area contributed by atoms with E-state index in [1.807, 2.05) is 37.3 Å². The Morgan fingerprint density at radius 1 is 1.28 bits per heavy atom. The highest BCUT2D eigenvalue weighted by Crippen LogP contribution is 2.19. The van der Waals surface area contributed by atoms with Gasteiger partial charge in [-0.1, -0.05) is 32.0 Å². The number of nitrogens with zero attached hydrogens (tertiary/aromatic N) is 1. The van der Waals surface area contributed by atoms with Gasteiger partial charge in [0, 0.05) is 23.9 Å². The van der Waals surface area contributed by atoms with Crippen LogP contribution in [0.2, 0.25) is 0 Å². The lowest BCUT2D eigenvalue weighted by Gasteiger charge is -2.08. The summed E-state index contributed by atoms with van der Waals surface area (Å²) in [6.45, 7) is 6.13. The van der Waals surface area contributed by atoms with Crippen molar-refractivity contribution in [3.8, 4) is 0 Å². The largest absolute Gasteiger partial charge is 0.299 e. The molecule has 0 radical (unpaired) electrons. The van der Waals surface area contributed by atoms with Gasteiger partial charge in [-0.25, -0.2) is 0 Å². The van der Waals surface area contributed by atoms with Crippen LogP contribution in [-0.2, 0) is 11.2 Å². The van der Waals surface area contributed by atoms with Gasteiger partial charge in [0.1, 0.15) is 5.78 Å². The highest BCUT2D eigenvalue weighted by molar-refractivity contribution is 5.89. The Hall–Kier alpha value is -1.70. The molecule has 0 saturated heterocycles. The monoisotopic (exact) mass is 241 g/mol. The SMILES string of the molecule is Cc1cc(CC(=O)CC(C)C)c2ccccc2n1. The highest BCUT2D eigenvalue weighted by atomic mass is 16.1. The Morgan fingerprint density at radius 3 is 2.72 bits per heavy atom. The van der Waals surface area contributed by atoms with E-state index in [0.717, 1.165) is 22.2 Å². The Kier molecular flexibility index (Phi) is 3.75. The van der Waals surface area contributed by atoms with Crippen molar-refractivity contribution in [1.82, 2.24) is 4.98 Å². The Bertz CT molecular complexity index is 572. The summed E-state index contributed by atoms with van der Waals surface area (Å²) in [5.41, 5.74) is 3.05. The first-order valence-corrected chi connectivity index (χ1v) is 6.43. The van der Waals surface area contributed by atoms with Crippen LogP contribution in [0, 0.1) is 12.8 Å². The average molecular weight is 241 g/mol. The van der Waals surface area contributed by atoms with Crippen molar-refractivity contribution in [2.24, 2.45) is 5.92 Å². The van der Waals surface area contributed by atoms with Crippen molar-refractivity contribution in [3.63, 3.8) is 0 Å². The van der Waals surface area contributed by atoms with Crippen LogP contribution in [-0.4, -0.2) is 10.8 Å². The fourth-order valence-electron chi connectivity index (χ4n) is 2.28. The second-order valence-corrected chi connectivity index (χ2v) is 5.25. The molecule has 94 valence electrons. The fraction of sp³-hybridized carbons (Fsp3) is 0.375. The van der Waals surface area contributed by atoms with Gasteiger partial charge in [0.15, 0.2) is 0 Å². The molecule has 2 aromatic rings. The summed E-state index contributed by atoms with van der Waals surface area (Å²) in [4.78, 5) is 16.5. The maximum absolute atomic E-state index is 12.0. The molecule has 1 aromatic heterocycles. The number of carbonyl (C=O) groups excluding carboxylic acids is 1. The van der Waals surface area contributed by atoms with Gasteiger partial charge in [-0.05, 0) is 30.5 Å². The third-order valence-electron chi connectivity index (χ3n) is 2.95. The van der Waals surface area contributed by atoms with Crippen molar-refractivity contribution in [2.45, 2.75) is 33.6 Å².